The van der Waals surface area contributed by atoms with Crippen molar-refractivity contribution in [3.63, 3.8) is 0 Å². The van der Waals surface area contributed by atoms with Gasteiger partial charge in [-0.15, -0.1) is 0 Å². The summed E-state index contributed by atoms with van der Waals surface area (Å²) in [5, 5.41) is 3.88. The lowest BCUT2D eigenvalue weighted by Crippen LogP contribution is -2.24. The van der Waals surface area contributed by atoms with E-state index in [1.54, 1.807) is 32.2 Å². The van der Waals surface area contributed by atoms with Crippen LogP contribution in [0.15, 0.2) is 48.7 Å². The van der Waals surface area contributed by atoms with Crippen LogP contribution in [0.3, 0.4) is 0 Å². The third-order valence-corrected chi connectivity index (χ3v) is 4.61. The topological polar surface area (TPSA) is 64.1 Å². The fourth-order valence-electron chi connectivity index (χ4n) is 2.50. The van der Waals surface area contributed by atoms with Crippen molar-refractivity contribution in [2.24, 2.45) is 0 Å². The average Bonchev–Trinajstić information content (AvgIpc) is 2.67. The minimum atomic E-state index is -0.264. The van der Waals surface area contributed by atoms with Gasteiger partial charge in [0, 0.05) is 28.4 Å². The van der Waals surface area contributed by atoms with E-state index < -0.39 is 0 Å². The number of ether oxygens (including phenoxy) is 1. The summed E-state index contributed by atoms with van der Waals surface area (Å²) in [4.78, 5) is 21.2. The van der Waals surface area contributed by atoms with Crippen molar-refractivity contribution in [2.45, 2.75) is 13.5 Å². The minimum Gasteiger partial charge on any atom is -0.497 e. The summed E-state index contributed by atoms with van der Waals surface area (Å²) >= 11 is 12.0. The Morgan fingerprint density at radius 2 is 1.89 bits per heavy atom. The summed E-state index contributed by atoms with van der Waals surface area (Å²) in [5.74, 6) is 1.04. The number of rotatable bonds is 5. The Labute approximate surface area is 167 Å². The highest BCUT2D eigenvalue weighted by Crippen LogP contribution is 2.22. The second-order valence-electron chi connectivity index (χ2n) is 5.84. The summed E-state index contributed by atoms with van der Waals surface area (Å²) in [6.07, 6.45) is 1.53. The molecule has 3 aromatic rings. The summed E-state index contributed by atoms with van der Waals surface area (Å²) in [5.41, 5.74) is 2.63. The van der Waals surface area contributed by atoms with E-state index in [2.05, 4.69) is 15.3 Å². The van der Waals surface area contributed by atoms with Crippen LogP contribution < -0.4 is 10.1 Å². The van der Waals surface area contributed by atoms with Gasteiger partial charge in [-0.3, -0.25) is 4.79 Å². The highest BCUT2D eigenvalue weighted by atomic mass is 35.5. The number of benzene rings is 2. The number of carbonyl (C=O) groups is 1. The molecule has 7 heteroatoms. The van der Waals surface area contributed by atoms with Crippen LogP contribution in [0, 0.1) is 6.92 Å². The monoisotopic (exact) mass is 401 g/mol. The number of hydrogen-bond donors (Lipinski definition) is 1. The van der Waals surface area contributed by atoms with E-state index in [1.807, 2.05) is 24.3 Å². The number of amides is 1. The maximum atomic E-state index is 12.5. The first-order valence-electron chi connectivity index (χ1n) is 8.18. The molecule has 0 unspecified atom stereocenters. The Balaban J connectivity index is 1.73. The summed E-state index contributed by atoms with van der Waals surface area (Å²) in [6, 6.07) is 12.6. The molecule has 0 saturated heterocycles. The molecule has 1 amide bonds. The van der Waals surface area contributed by atoms with Crippen molar-refractivity contribution in [1.29, 1.82) is 0 Å². The molecule has 0 atom stereocenters. The molecule has 0 aliphatic heterocycles. The number of nitrogens with zero attached hydrogens (tertiary/aromatic N) is 2. The molecule has 2 aromatic carbocycles. The smallest absolute Gasteiger partial charge is 0.254 e. The largest absolute Gasteiger partial charge is 0.497 e. The molecular weight excluding hydrogens is 385 g/mol. The van der Waals surface area contributed by atoms with Gasteiger partial charge in [-0.1, -0.05) is 29.3 Å². The van der Waals surface area contributed by atoms with Crippen molar-refractivity contribution in [3.8, 4) is 17.1 Å². The van der Waals surface area contributed by atoms with E-state index in [0.717, 1.165) is 16.9 Å². The Morgan fingerprint density at radius 1 is 1.15 bits per heavy atom. The average molecular weight is 402 g/mol. The zero-order valence-electron chi connectivity index (χ0n) is 14.8. The summed E-state index contributed by atoms with van der Waals surface area (Å²) in [6.45, 7) is 2.06. The molecule has 0 saturated carbocycles. The number of hydrogen-bond acceptors (Lipinski definition) is 4. The van der Waals surface area contributed by atoms with Crippen LogP contribution in [0.4, 0.5) is 0 Å². The summed E-state index contributed by atoms with van der Waals surface area (Å²) < 4.78 is 5.15. The zero-order valence-corrected chi connectivity index (χ0v) is 16.3. The molecule has 1 heterocycles. The van der Waals surface area contributed by atoms with Gasteiger partial charge in [0.05, 0.1) is 18.4 Å². The lowest BCUT2D eigenvalue weighted by atomic mass is 10.1. The quantitative estimate of drug-likeness (QED) is 0.672. The van der Waals surface area contributed by atoms with Gasteiger partial charge in [0.1, 0.15) is 5.75 Å². The molecular formula is C20H17Cl2N3O2. The normalized spacial score (nSPS) is 10.5. The second-order valence-corrected chi connectivity index (χ2v) is 6.68. The number of carbonyl (C=O) groups excluding carboxylic acids is 1. The van der Waals surface area contributed by atoms with Crippen molar-refractivity contribution in [2.75, 3.05) is 7.11 Å². The van der Waals surface area contributed by atoms with Crippen LogP contribution in [0.2, 0.25) is 10.0 Å². The first kappa shape index (κ1) is 19.1. The molecule has 5 nitrogen and oxygen atoms in total. The number of aromatic nitrogens is 2. The van der Waals surface area contributed by atoms with E-state index in [4.69, 9.17) is 27.9 Å². The SMILES string of the molecule is COc1ccc(-c2ncc(C(=O)NCc3ccc(Cl)cc3Cl)c(C)n2)cc1. The first-order chi connectivity index (χ1) is 13.0. The van der Waals surface area contributed by atoms with Gasteiger partial charge in [0.25, 0.3) is 5.91 Å². The van der Waals surface area contributed by atoms with Crippen LogP contribution in [0.1, 0.15) is 21.6 Å². The maximum Gasteiger partial charge on any atom is 0.254 e. The van der Waals surface area contributed by atoms with Crippen molar-refractivity contribution in [3.05, 3.63) is 75.5 Å². The van der Waals surface area contributed by atoms with Gasteiger partial charge < -0.3 is 10.1 Å². The van der Waals surface area contributed by atoms with E-state index in [1.165, 1.54) is 6.20 Å². The molecule has 3 rings (SSSR count). The fraction of sp³-hybridized carbons (Fsp3) is 0.150. The number of halogens is 2. The van der Waals surface area contributed by atoms with E-state index in [-0.39, 0.29) is 12.5 Å². The standard InChI is InChI=1S/C20H17Cl2N3O2/c1-12-17(20(26)24-10-14-3-6-15(21)9-18(14)22)11-23-19(25-12)13-4-7-16(27-2)8-5-13/h3-9,11H,10H2,1-2H3,(H,24,26). The van der Waals surface area contributed by atoms with Crippen LogP contribution >= 0.6 is 23.2 Å². The van der Waals surface area contributed by atoms with E-state index >= 15 is 0 Å². The Hall–Kier alpha value is -2.63. The number of nitrogens with one attached hydrogen (secondary N) is 1. The predicted molar refractivity (Wildman–Crippen MR) is 106 cm³/mol. The Bertz CT molecular complexity index is 975. The van der Waals surface area contributed by atoms with Crippen molar-refractivity contribution < 1.29 is 9.53 Å². The highest BCUT2D eigenvalue weighted by Gasteiger charge is 2.13. The van der Waals surface area contributed by atoms with Crippen molar-refractivity contribution >= 4 is 29.1 Å². The highest BCUT2D eigenvalue weighted by molar-refractivity contribution is 6.35. The fourth-order valence-corrected chi connectivity index (χ4v) is 2.98. The molecule has 1 aromatic heterocycles. The van der Waals surface area contributed by atoms with Gasteiger partial charge >= 0.3 is 0 Å². The van der Waals surface area contributed by atoms with Crippen LogP contribution in [-0.4, -0.2) is 23.0 Å². The Kier molecular flexibility index (Phi) is 5.94. The van der Waals surface area contributed by atoms with Crippen LogP contribution in [-0.2, 0) is 6.54 Å². The third-order valence-electron chi connectivity index (χ3n) is 4.03. The van der Waals surface area contributed by atoms with Crippen LogP contribution in [0.5, 0.6) is 5.75 Å². The zero-order chi connectivity index (χ0) is 19.4. The van der Waals surface area contributed by atoms with Gasteiger partial charge in [0.15, 0.2) is 5.82 Å². The molecule has 138 valence electrons. The van der Waals surface area contributed by atoms with Gasteiger partial charge in [-0.05, 0) is 48.9 Å². The van der Waals surface area contributed by atoms with E-state index in [9.17, 15) is 4.79 Å². The molecule has 0 radical (unpaired) electrons. The molecule has 0 spiro atoms. The molecule has 0 fully saturated rings. The predicted octanol–water partition coefficient (Wildman–Crippen LogP) is 4.70. The first-order valence-corrected chi connectivity index (χ1v) is 8.93. The molecule has 0 aliphatic carbocycles. The van der Waals surface area contributed by atoms with Gasteiger partial charge in [-0.2, -0.15) is 0 Å². The van der Waals surface area contributed by atoms with Gasteiger partial charge in [0.2, 0.25) is 0 Å². The lowest BCUT2D eigenvalue weighted by molar-refractivity contribution is 0.0949. The van der Waals surface area contributed by atoms with E-state index in [0.29, 0.717) is 27.1 Å². The summed E-state index contributed by atoms with van der Waals surface area (Å²) in [7, 11) is 1.61. The van der Waals surface area contributed by atoms with Crippen molar-refractivity contribution in [1.82, 2.24) is 15.3 Å². The second kappa shape index (κ2) is 8.37. The van der Waals surface area contributed by atoms with Crippen LogP contribution in [0.25, 0.3) is 11.4 Å². The molecule has 27 heavy (non-hydrogen) atoms. The molecule has 0 bridgehead atoms. The number of aryl methyl sites for hydroxylation is 1. The minimum absolute atomic E-state index is 0.264. The molecule has 0 aliphatic rings. The third kappa shape index (κ3) is 4.56. The lowest BCUT2D eigenvalue weighted by Gasteiger charge is -2.10. The maximum absolute atomic E-state index is 12.5. The molecule has 1 N–H and O–H groups in total. The Morgan fingerprint density at radius 3 is 2.52 bits per heavy atom. The van der Waals surface area contributed by atoms with Gasteiger partial charge in [-0.25, -0.2) is 9.97 Å². The number of methoxy groups -OCH3 is 1.